The summed E-state index contributed by atoms with van der Waals surface area (Å²) in [6, 6.07) is 18.2. The normalized spacial score (nSPS) is 12.7. The molecule has 0 unspecified atom stereocenters. The third kappa shape index (κ3) is 6.79. The Hall–Kier alpha value is -3.70. The Morgan fingerprint density at radius 1 is 1.10 bits per heavy atom. The zero-order valence-electron chi connectivity index (χ0n) is 22.7. The molecule has 1 heterocycles. The van der Waals surface area contributed by atoms with Gasteiger partial charge in [0.15, 0.2) is 11.5 Å². The number of carboxylic acid groups (broad SMARTS) is 1. The van der Waals surface area contributed by atoms with E-state index in [-0.39, 0.29) is 18.1 Å². The van der Waals surface area contributed by atoms with Crippen LogP contribution in [-0.2, 0) is 19.4 Å². The molecular formula is C32H29IN2O5S. The summed E-state index contributed by atoms with van der Waals surface area (Å²) < 4.78 is 12.5. The molecule has 1 aliphatic rings. The van der Waals surface area contributed by atoms with Gasteiger partial charge in [0.1, 0.15) is 11.6 Å². The number of carboxylic acids is 1. The molecule has 210 valence electrons. The third-order valence-corrected chi connectivity index (χ3v) is 8.83. The summed E-state index contributed by atoms with van der Waals surface area (Å²) in [7, 11) is 1.57. The summed E-state index contributed by atoms with van der Waals surface area (Å²) >= 11 is 3.78. The highest BCUT2D eigenvalue weighted by Gasteiger charge is 2.25. The monoisotopic (exact) mass is 680 g/mol. The number of carbonyl (C=O) groups is 2. The lowest BCUT2D eigenvalue weighted by Gasteiger charge is -2.14. The van der Waals surface area contributed by atoms with Crippen LogP contribution in [0.4, 0.5) is 10.7 Å². The van der Waals surface area contributed by atoms with Crippen LogP contribution in [0.5, 0.6) is 11.5 Å². The molecule has 1 aliphatic carbocycles. The maximum atomic E-state index is 13.5. The van der Waals surface area contributed by atoms with Gasteiger partial charge in [0.05, 0.1) is 21.8 Å². The molecule has 3 aromatic carbocycles. The molecule has 2 N–H and O–H groups in total. The molecule has 1 amide bonds. The first-order valence-electron chi connectivity index (χ1n) is 13.2. The Labute approximate surface area is 256 Å². The van der Waals surface area contributed by atoms with Gasteiger partial charge in [-0.3, -0.25) is 4.79 Å². The second kappa shape index (κ2) is 12.9. The molecule has 0 spiro atoms. The van der Waals surface area contributed by atoms with Crippen molar-refractivity contribution in [3.63, 3.8) is 0 Å². The molecular weight excluding hydrogens is 651 g/mol. The molecule has 41 heavy (non-hydrogen) atoms. The summed E-state index contributed by atoms with van der Waals surface area (Å²) in [5.41, 5.74) is 5.43. The van der Waals surface area contributed by atoms with E-state index in [1.165, 1.54) is 4.88 Å². The number of amides is 1. The number of nitrogens with zero attached hydrogens (tertiary/aromatic N) is 1. The molecule has 9 heteroatoms. The number of nitrogens with one attached hydrogen (secondary N) is 1. The lowest BCUT2D eigenvalue weighted by atomic mass is 9.95. The Morgan fingerprint density at radius 3 is 2.63 bits per heavy atom. The number of thiophene rings is 1. The topological polar surface area (TPSA) is 97.2 Å². The van der Waals surface area contributed by atoms with Gasteiger partial charge in [-0.05, 0) is 108 Å². The molecule has 0 atom stereocenters. The average molecular weight is 681 g/mol. The van der Waals surface area contributed by atoms with Crippen LogP contribution in [0.25, 0.3) is 0 Å². The van der Waals surface area contributed by atoms with Gasteiger partial charge in [0, 0.05) is 16.8 Å². The summed E-state index contributed by atoms with van der Waals surface area (Å²) in [5, 5.41) is 13.0. The number of rotatable bonds is 9. The van der Waals surface area contributed by atoms with Crippen LogP contribution in [0.3, 0.4) is 0 Å². The van der Waals surface area contributed by atoms with E-state index < -0.39 is 5.97 Å². The summed E-state index contributed by atoms with van der Waals surface area (Å²) in [4.78, 5) is 30.8. The van der Waals surface area contributed by atoms with Crippen molar-refractivity contribution < 1.29 is 24.2 Å². The molecule has 0 fully saturated rings. The van der Waals surface area contributed by atoms with Crippen molar-refractivity contribution >= 4 is 62.7 Å². The number of hydrogen-bond acceptors (Lipinski definition) is 6. The molecule has 1 aromatic heterocycles. The van der Waals surface area contributed by atoms with Gasteiger partial charge in [-0.25, -0.2) is 9.79 Å². The minimum atomic E-state index is -0.981. The number of aliphatic imine (C=N–C) groups is 1. The van der Waals surface area contributed by atoms with Crippen LogP contribution >= 0.6 is 33.9 Å². The number of anilines is 1. The molecule has 0 aliphatic heterocycles. The number of benzene rings is 3. The minimum absolute atomic E-state index is 0.136. The number of aromatic carboxylic acids is 1. The molecule has 0 radical (unpaired) electrons. The van der Waals surface area contributed by atoms with E-state index in [4.69, 9.17) is 14.5 Å². The van der Waals surface area contributed by atoms with Crippen molar-refractivity contribution in [3.05, 3.63) is 102 Å². The lowest BCUT2D eigenvalue weighted by molar-refractivity contribution is 0.0696. The minimum Gasteiger partial charge on any atom is -0.493 e. The van der Waals surface area contributed by atoms with Crippen LogP contribution < -0.4 is 14.8 Å². The highest BCUT2D eigenvalue weighted by Crippen LogP contribution is 2.41. The molecule has 0 saturated carbocycles. The fourth-order valence-corrected chi connectivity index (χ4v) is 6.76. The number of hydrogen-bond donors (Lipinski definition) is 2. The predicted octanol–water partition coefficient (Wildman–Crippen LogP) is 7.83. The first kappa shape index (κ1) is 28.8. The first-order valence-corrected chi connectivity index (χ1v) is 15.1. The van der Waals surface area contributed by atoms with Crippen molar-refractivity contribution in [1.29, 1.82) is 0 Å². The van der Waals surface area contributed by atoms with E-state index in [2.05, 4.69) is 27.9 Å². The molecule has 4 aromatic rings. The summed E-state index contributed by atoms with van der Waals surface area (Å²) in [5.74, 6) is -0.0143. The summed E-state index contributed by atoms with van der Waals surface area (Å²) in [6.45, 7) is 2.21. The fourth-order valence-electron chi connectivity index (χ4n) is 4.74. The standard InChI is InChI=1S/C32H29IN2O5S/c1-19-10-12-23(13-11-19)35-30(36)28-24-8-3-4-9-27(24)41-31(28)34-17-21-15-25(33)29(26(16-21)39-2)40-18-20-6-5-7-22(14-20)32(37)38/h5-7,10-17H,3-4,8-9,18H2,1-2H3,(H,35,36)(H,37,38). The first-order chi connectivity index (χ1) is 19.8. The maximum Gasteiger partial charge on any atom is 0.335 e. The van der Waals surface area contributed by atoms with E-state index >= 15 is 0 Å². The van der Waals surface area contributed by atoms with Crippen molar-refractivity contribution in [1.82, 2.24) is 0 Å². The Kier molecular flexibility index (Phi) is 9.04. The van der Waals surface area contributed by atoms with Crippen LogP contribution in [-0.4, -0.2) is 30.3 Å². The van der Waals surface area contributed by atoms with Crippen molar-refractivity contribution in [3.8, 4) is 11.5 Å². The van der Waals surface area contributed by atoms with Crippen molar-refractivity contribution in [2.45, 2.75) is 39.2 Å². The Morgan fingerprint density at radius 2 is 1.88 bits per heavy atom. The zero-order valence-corrected chi connectivity index (χ0v) is 25.7. The van der Waals surface area contributed by atoms with Gasteiger partial charge in [0.2, 0.25) is 0 Å². The van der Waals surface area contributed by atoms with Gasteiger partial charge in [-0.1, -0.05) is 29.8 Å². The second-order valence-electron chi connectivity index (χ2n) is 9.80. The highest BCUT2D eigenvalue weighted by atomic mass is 127. The van der Waals surface area contributed by atoms with Crippen LogP contribution in [0.1, 0.15) is 60.7 Å². The van der Waals surface area contributed by atoms with Crippen molar-refractivity contribution in [2.24, 2.45) is 4.99 Å². The van der Waals surface area contributed by atoms with E-state index in [1.54, 1.807) is 42.9 Å². The van der Waals surface area contributed by atoms with Gasteiger partial charge >= 0.3 is 5.97 Å². The van der Waals surface area contributed by atoms with Crippen LogP contribution in [0.2, 0.25) is 0 Å². The van der Waals surface area contributed by atoms with E-state index in [0.29, 0.717) is 22.1 Å². The SMILES string of the molecule is COc1cc(C=Nc2sc3c(c2C(=O)Nc2ccc(C)cc2)CCCC3)cc(I)c1OCc1cccc(C(=O)O)c1. The number of fused-ring (bicyclic) bond motifs is 1. The Bertz CT molecular complexity index is 1630. The van der Waals surface area contributed by atoms with E-state index in [1.807, 2.05) is 49.4 Å². The highest BCUT2D eigenvalue weighted by molar-refractivity contribution is 14.1. The number of ether oxygens (including phenoxy) is 2. The largest absolute Gasteiger partial charge is 0.493 e. The number of halogens is 1. The average Bonchev–Trinajstić information content (AvgIpc) is 3.35. The molecule has 5 rings (SSSR count). The van der Waals surface area contributed by atoms with E-state index in [0.717, 1.165) is 57.2 Å². The second-order valence-corrected chi connectivity index (χ2v) is 12.0. The van der Waals surface area contributed by atoms with Crippen LogP contribution in [0, 0.1) is 10.5 Å². The van der Waals surface area contributed by atoms with Gasteiger partial charge in [-0.2, -0.15) is 0 Å². The molecule has 7 nitrogen and oxygen atoms in total. The Balaban J connectivity index is 1.39. The molecule has 0 bridgehead atoms. The number of aryl methyl sites for hydroxylation is 2. The summed E-state index contributed by atoms with van der Waals surface area (Å²) in [6.07, 6.45) is 5.78. The third-order valence-electron chi connectivity index (χ3n) is 6.83. The van der Waals surface area contributed by atoms with Gasteiger partial charge in [0.25, 0.3) is 5.91 Å². The maximum absolute atomic E-state index is 13.5. The van der Waals surface area contributed by atoms with Gasteiger partial charge in [-0.15, -0.1) is 11.3 Å². The quantitative estimate of drug-likeness (QED) is 0.139. The fraction of sp³-hybridized carbons (Fsp3) is 0.219. The number of carbonyl (C=O) groups excluding carboxylic acids is 1. The number of methoxy groups -OCH3 is 1. The smallest absolute Gasteiger partial charge is 0.335 e. The van der Waals surface area contributed by atoms with E-state index in [9.17, 15) is 14.7 Å². The predicted molar refractivity (Wildman–Crippen MR) is 171 cm³/mol. The lowest BCUT2D eigenvalue weighted by Crippen LogP contribution is -2.14. The molecule has 0 saturated heterocycles. The zero-order chi connectivity index (χ0) is 28.9. The van der Waals surface area contributed by atoms with Crippen LogP contribution in [0.15, 0.2) is 65.7 Å². The van der Waals surface area contributed by atoms with Gasteiger partial charge < -0.3 is 19.9 Å². The van der Waals surface area contributed by atoms with Crippen molar-refractivity contribution in [2.75, 3.05) is 12.4 Å².